The van der Waals surface area contributed by atoms with Crippen molar-refractivity contribution in [2.75, 3.05) is 14.2 Å². The lowest BCUT2D eigenvalue weighted by molar-refractivity contribution is 0.351. The zero-order valence-electron chi connectivity index (χ0n) is 12.1. The summed E-state index contributed by atoms with van der Waals surface area (Å²) in [6, 6.07) is 14.1. The largest absolute Gasteiger partial charge is 0.493 e. The van der Waals surface area contributed by atoms with Crippen LogP contribution in [-0.4, -0.2) is 24.2 Å². The van der Waals surface area contributed by atoms with Gasteiger partial charge in [-0.1, -0.05) is 12.1 Å². The van der Waals surface area contributed by atoms with E-state index in [9.17, 15) is 0 Å². The second-order valence-corrected chi connectivity index (χ2v) is 4.77. The molecule has 0 saturated carbocycles. The summed E-state index contributed by atoms with van der Waals surface area (Å²) < 4.78 is 11.0. The van der Waals surface area contributed by atoms with Crippen LogP contribution in [-0.2, 0) is 0 Å². The molecule has 0 saturated heterocycles. The summed E-state index contributed by atoms with van der Waals surface area (Å²) in [5.74, 6) is 1.53. The highest BCUT2D eigenvalue weighted by Crippen LogP contribution is 2.40. The maximum atomic E-state index is 5.59. The smallest absolute Gasteiger partial charge is 0.164 e. The average molecular weight is 282 g/mol. The van der Waals surface area contributed by atoms with E-state index in [2.05, 4.69) is 28.2 Å². The first-order valence-corrected chi connectivity index (χ1v) is 6.82. The first-order chi connectivity index (χ1) is 10.3. The summed E-state index contributed by atoms with van der Waals surface area (Å²) in [6.07, 6.45) is 3.86. The lowest BCUT2D eigenvalue weighted by Gasteiger charge is -2.20. The van der Waals surface area contributed by atoms with E-state index in [0.717, 1.165) is 28.5 Å². The molecule has 0 radical (unpaired) electrons. The van der Waals surface area contributed by atoms with Crippen LogP contribution in [0.3, 0.4) is 0 Å². The number of methoxy groups -OCH3 is 2. The second kappa shape index (κ2) is 5.79. The van der Waals surface area contributed by atoms with E-state index >= 15 is 0 Å². The Morgan fingerprint density at radius 1 is 0.810 bits per heavy atom. The van der Waals surface area contributed by atoms with Crippen LogP contribution in [0.15, 0.2) is 54.9 Å². The SMILES string of the molecule is COc1cccc(C(c2ccc[nH]2)c2ccc[nH]2)c1OC. The number of hydrogen-bond acceptors (Lipinski definition) is 2. The van der Waals surface area contributed by atoms with E-state index in [0.29, 0.717) is 0 Å². The van der Waals surface area contributed by atoms with Gasteiger partial charge in [0.25, 0.3) is 0 Å². The fraction of sp³-hybridized carbons (Fsp3) is 0.176. The molecule has 4 heteroatoms. The van der Waals surface area contributed by atoms with Gasteiger partial charge in [-0.15, -0.1) is 0 Å². The Labute approximate surface area is 123 Å². The van der Waals surface area contributed by atoms with Crippen molar-refractivity contribution in [1.82, 2.24) is 9.97 Å². The Balaban J connectivity index is 2.18. The molecule has 0 spiro atoms. The molecule has 0 unspecified atom stereocenters. The number of benzene rings is 1. The summed E-state index contributed by atoms with van der Waals surface area (Å²) in [5, 5.41) is 0. The Kier molecular flexibility index (Phi) is 3.69. The molecule has 0 aliphatic rings. The molecule has 21 heavy (non-hydrogen) atoms. The Bertz CT molecular complexity index is 653. The van der Waals surface area contributed by atoms with Gasteiger partial charge in [0.05, 0.1) is 20.1 Å². The number of rotatable bonds is 5. The molecule has 4 nitrogen and oxygen atoms in total. The van der Waals surface area contributed by atoms with Crippen LogP contribution < -0.4 is 9.47 Å². The minimum Gasteiger partial charge on any atom is -0.493 e. The standard InChI is InChI=1S/C17H18N2O2/c1-20-15-9-3-6-12(17(15)21-2)16(13-7-4-10-18-13)14-8-5-11-19-14/h3-11,16,18-19H,1-2H3. The predicted molar refractivity (Wildman–Crippen MR) is 82.1 cm³/mol. The van der Waals surface area contributed by atoms with Crippen molar-refractivity contribution in [3.05, 3.63) is 71.8 Å². The van der Waals surface area contributed by atoms with Crippen LogP contribution in [0.2, 0.25) is 0 Å². The van der Waals surface area contributed by atoms with Gasteiger partial charge in [-0.3, -0.25) is 0 Å². The average Bonchev–Trinajstić information content (AvgIpc) is 3.21. The minimum atomic E-state index is 0.0417. The van der Waals surface area contributed by atoms with Crippen molar-refractivity contribution in [2.45, 2.75) is 5.92 Å². The van der Waals surface area contributed by atoms with Gasteiger partial charge in [0.15, 0.2) is 11.5 Å². The highest BCUT2D eigenvalue weighted by Gasteiger charge is 2.23. The molecular formula is C17H18N2O2. The zero-order valence-corrected chi connectivity index (χ0v) is 12.1. The van der Waals surface area contributed by atoms with Crippen molar-refractivity contribution < 1.29 is 9.47 Å². The minimum absolute atomic E-state index is 0.0417. The predicted octanol–water partition coefficient (Wildman–Crippen LogP) is 3.54. The number of H-pyrrole nitrogens is 2. The topological polar surface area (TPSA) is 50.0 Å². The summed E-state index contributed by atoms with van der Waals surface area (Å²) in [6.45, 7) is 0. The third kappa shape index (κ3) is 2.40. The summed E-state index contributed by atoms with van der Waals surface area (Å²) in [4.78, 5) is 6.59. The van der Waals surface area contributed by atoms with Gasteiger partial charge in [-0.2, -0.15) is 0 Å². The van der Waals surface area contributed by atoms with E-state index in [1.807, 2.05) is 36.7 Å². The van der Waals surface area contributed by atoms with Crippen LogP contribution in [0.25, 0.3) is 0 Å². The van der Waals surface area contributed by atoms with Gasteiger partial charge in [0.1, 0.15) is 0 Å². The number of para-hydroxylation sites is 1. The first kappa shape index (κ1) is 13.4. The van der Waals surface area contributed by atoms with Gasteiger partial charge in [-0.25, -0.2) is 0 Å². The van der Waals surface area contributed by atoms with E-state index in [4.69, 9.17) is 9.47 Å². The molecule has 3 rings (SSSR count). The number of aromatic amines is 2. The maximum Gasteiger partial charge on any atom is 0.164 e. The number of ether oxygens (including phenoxy) is 2. The summed E-state index contributed by atoms with van der Waals surface area (Å²) in [5.41, 5.74) is 3.26. The lowest BCUT2D eigenvalue weighted by atomic mass is 9.91. The molecule has 0 fully saturated rings. The molecule has 3 aromatic rings. The van der Waals surface area contributed by atoms with Crippen LogP contribution in [0.1, 0.15) is 22.9 Å². The normalized spacial score (nSPS) is 10.8. The molecular weight excluding hydrogens is 264 g/mol. The molecule has 2 heterocycles. The quantitative estimate of drug-likeness (QED) is 0.752. The number of nitrogens with one attached hydrogen (secondary N) is 2. The third-order valence-corrected chi connectivity index (χ3v) is 3.61. The highest BCUT2D eigenvalue weighted by molar-refractivity contribution is 5.53. The van der Waals surface area contributed by atoms with Crippen LogP contribution in [0, 0.1) is 0 Å². The van der Waals surface area contributed by atoms with E-state index < -0.39 is 0 Å². The van der Waals surface area contributed by atoms with Crippen molar-refractivity contribution in [2.24, 2.45) is 0 Å². The van der Waals surface area contributed by atoms with Gasteiger partial charge >= 0.3 is 0 Å². The molecule has 2 N–H and O–H groups in total. The molecule has 0 aliphatic heterocycles. The molecule has 0 bridgehead atoms. The van der Waals surface area contributed by atoms with Crippen molar-refractivity contribution in [3.63, 3.8) is 0 Å². The maximum absolute atomic E-state index is 5.59. The van der Waals surface area contributed by atoms with Crippen molar-refractivity contribution in [1.29, 1.82) is 0 Å². The van der Waals surface area contributed by atoms with E-state index in [-0.39, 0.29) is 5.92 Å². The molecule has 1 aromatic carbocycles. The fourth-order valence-corrected chi connectivity index (χ4v) is 2.69. The Hall–Kier alpha value is -2.62. The molecule has 2 aromatic heterocycles. The van der Waals surface area contributed by atoms with Gasteiger partial charge in [-0.05, 0) is 30.3 Å². The van der Waals surface area contributed by atoms with Crippen molar-refractivity contribution in [3.8, 4) is 11.5 Å². The Morgan fingerprint density at radius 3 is 1.95 bits per heavy atom. The third-order valence-electron chi connectivity index (χ3n) is 3.61. The van der Waals surface area contributed by atoms with E-state index in [1.165, 1.54) is 0 Å². The van der Waals surface area contributed by atoms with Gasteiger partial charge < -0.3 is 19.4 Å². The number of hydrogen-bond donors (Lipinski definition) is 2. The zero-order chi connectivity index (χ0) is 14.7. The molecule has 0 aliphatic carbocycles. The molecule has 0 atom stereocenters. The monoisotopic (exact) mass is 282 g/mol. The highest BCUT2D eigenvalue weighted by atomic mass is 16.5. The lowest BCUT2D eigenvalue weighted by Crippen LogP contribution is -2.07. The van der Waals surface area contributed by atoms with Crippen molar-refractivity contribution >= 4 is 0 Å². The Morgan fingerprint density at radius 2 is 1.48 bits per heavy atom. The first-order valence-electron chi connectivity index (χ1n) is 6.82. The summed E-state index contributed by atoms with van der Waals surface area (Å²) >= 11 is 0. The van der Waals surface area contributed by atoms with Crippen LogP contribution in [0.4, 0.5) is 0 Å². The molecule has 108 valence electrons. The summed E-state index contributed by atoms with van der Waals surface area (Å²) in [7, 11) is 3.32. The fourth-order valence-electron chi connectivity index (χ4n) is 2.69. The second-order valence-electron chi connectivity index (χ2n) is 4.77. The van der Waals surface area contributed by atoms with Gasteiger partial charge in [0.2, 0.25) is 0 Å². The van der Waals surface area contributed by atoms with E-state index in [1.54, 1.807) is 14.2 Å². The van der Waals surface area contributed by atoms with Crippen LogP contribution >= 0.6 is 0 Å². The number of aromatic nitrogens is 2. The van der Waals surface area contributed by atoms with Crippen LogP contribution in [0.5, 0.6) is 11.5 Å². The van der Waals surface area contributed by atoms with Gasteiger partial charge in [0, 0.05) is 29.3 Å². The molecule has 0 amide bonds.